The fourth-order valence-electron chi connectivity index (χ4n) is 3.09. The SMILES string of the molecule is Cc1ccc(N2C(=O)CC(Nc3ccc(C)c(C)c3)C2=O)c(C)c1. The van der Waals surface area contributed by atoms with Crippen LogP contribution >= 0.6 is 0 Å². The lowest BCUT2D eigenvalue weighted by Gasteiger charge is -2.18. The summed E-state index contributed by atoms with van der Waals surface area (Å²) in [7, 11) is 0. The molecule has 1 heterocycles. The smallest absolute Gasteiger partial charge is 0.256 e. The average molecular weight is 322 g/mol. The standard InChI is InChI=1S/C20H22N2O2/c1-12-5-8-18(15(4)9-12)22-19(23)11-17(20(22)24)21-16-7-6-13(2)14(3)10-16/h5-10,17,21H,11H2,1-4H3. The van der Waals surface area contributed by atoms with Gasteiger partial charge >= 0.3 is 0 Å². The van der Waals surface area contributed by atoms with E-state index in [2.05, 4.69) is 5.32 Å². The molecule has 0 aliphatic carbocycles. The number of hydrogen-bond acceptors (Lipinski definition) is 3. The number of carbonyl (C=O) groups excluding carboxylic acids is 2. The van der Waals surface area contributed by atoms with E-state index in [1.807, 2.05) is 64.1 Å². The third kappa shape index (κ3) is 2.92. The van der Waals surface area contributed by atoms with Crippen LogP contribution in [-0.2, 0) is 9.59 Å². The van der Waals surface area contributed by atoms with Gasteiger partial charge in [-0.15, -0.1) is 0 Å². The first kappa shape index (κ1) is 16.2. The summed E-state index contributed by atoms with van der Waals surface area (Å²) in [5.41, 5.74) is 5.95. The highest BCUT2D eigenvalue weighted by Gasteiger charge is 2.40. The van der Waals surface area contributed by atoms with E-state index in [-0.39, 0.29) is 18.2 Å². The van der Waals surface area contributed by atoms with Crippen molar-refractivity contribution in [3.8, 4) is 0 Å². The summed E-state index contributed by atoms with van der Waals surface area (Å²) in [5.74, 6) is -0.349. The molecule has 1 saturated heterocycles. The first-order valence-corrected chi connectivity index (χ1v) is 8.14. The summed E-state index contributed by atoms with van der Waals surface area (Å²) >= 11 is 0. The van der Waals surface area contributed by atoms with Gasteiger partial charge in [0.15, 0.2) is 0 Å². The zero-order valence-corrected chi connectivity index (χ0v) is 14.5. The predicted molar refractivity (Wildman–Crippen MR) is 96.4 cm³/mol. The second kappa shape index (κ2) is 6.11. The van der Waals surface area contributed by atoms with Gasteiger partial charge in [-0.25, -0.2) is 4.90 Å². The number of aryl methyl sites for hydroxylation is 4. The van der Waals surface area contributed by atoms with Crippen molar-refractivity contribution in [3.63, 3.8) is 0 Å². The lowest BCUT2D eigenvalue weighted by molar-refractivity contribution is -0.121. The highest BCUT2D eigenvalue weighted by Crippen LogP contribution is 2.28. The highest BCUT2D eigenvalue weighted by molar-refractivity contribution is 6.23. The molecule has 0 bridgehead atoms. The van der Waals surface area contributed by atoms with Gasteiger partial charge in [-0.05, 0) is 62.6 Å². The molecule has 1 fully saturated rings. The number of rotatable bonds is 3. The minimum Gasteiger partial charge on any atom is -0.373 e. The molecule has 2 amide bonds. The van der Waals surface area contributed by atoms with Crippen LogP contribution in [0.5, 0.6) is 0 Å². The van der Waals surface area contributed by atoms with Crippen molar-refractivity contribution in [3.05, 3.63) is 58.7 Å². The van der Waals surface area contributed by atoms with E-state index in [0.29, 0.717) is 5.69 Å². The number of anilines is 2. The normalized spacial score (nSPS) is 17.5. The van der Waals surface area contributed by atoms with Gasteiger partial charge in [0.2, 0.25) is 5.91 Å². The summed E-state index contributed by atoms with van der Waals surface area (Å²) < 4.78 is 0. The molecular formula is C20H22N2O2. The van der Waals surface area contributed by atoms with Gasteiger partial charge < -0.3 is 5.32 Å². The molecule has 4 nitrogen and oxygen atoms in total. The van der Waals surface area contributed by atoms with E-state index in [1.165, 1.54) is 10.5 Å². The molecule has 2 aromatic carbocycles. The summed E-state index contributed by atoms with van der Waals surface area (Å²) in [6.07, 6.45) is 0.180. The molecule has 1 N–H and O–H groups in total. The Labute approximate surface area is 142 Å². The molecule has 4 heteroatoms. The molecule has 0 radical (unpaired) electrons. The van der Waals surface area contributed by atoms with Crippen molar-refractivity contribution >= 4 is 23.2 Å². The van der Waals surface area contributed by atoms with Crippen LogP contribution in [-0.4, -0.2) is 17.9 Å². The first-order chi connectivity index (χ1) is 11.4. The Morgan fingerprint density at radius 1 is 0.917 bits per heavy atom. The van der Waals surface area contributed by atoms with Crippen LogP contribution < -0.4 is 10.2 Å². The fourth-order valence-corrected chi connectivity index (χ4v) is 3.09. The second-order valence-electron chi connectivity index (χ2n) is 6.56. The Bertz CT molecular complexity index is 826. The zero-order valence-electron chi connectivity index (χ0n) is 14.5. The van der Waals surface area contributed by atoms with E-state index in [0.717, 1.165) is 22.4 Å². The molecule has 1 aliphatic heterocycles. The second-order valence-corrected chi connectivity index (χ2v) is 6.56. The largest absolute Gasteiger partial charge is 0.373 e. The van der Waals surface area contributed by atoms with E-state index in [1.54, 1.807) is 0 Å². The van der Waals surface area contributed by atoms with Gasteiger partial charge in [-0.3, -0.25) is 9.59 Å². The van der Waals surface area contributed by atoms with Crippen molar-refractivity contribution in [2.45, 2.75) is 40.2 Å². The van der Waals surface area contributed by atoms with E-state index < -0.39 is 6.04 Å². The maximum atomic E-state index is 12.8. The van der Waals surface area contributed by atoms with Crippen LogP contribution in [0.25, 0.3) is 0 Å². The van der Waals surface area contributed by atoms with Gasteiger partial charge in [0.25, 0.3) is 5.91 Å². The van der Waals surface area contributed by atoms with Crippen molar-refractivity contribution < 1.29 is 9.59 Å². The van der Waals surface area contributed by atoms with Gasteiger partial charge in [0, 0.05) is 5.69 Å². The number of nitrogens with zero attached hydrogens (tertiary/aromatic N) is 1. The number of benzene rings is 2. The lowest BCUT2D eigenvalue weighted by Crippen LogP contribution is -2.35. The van der Waals surface area contributed by atoms with Gasteiger partial charge in [-0.1, -0.05) is 23.8 Å². The molecule has 0 saturated carbocycles. The molecule has 3 rings (SSSR count). The first-order valence-electron chi connectivity index (χ1n) is 8.14. The van der Waals surface area contributed by atoms with Gasteiger partial charge in [0.05, 0.1) is 12.1 Å². The Kier molecular flexibility index (Phi) is 4.14. The van der Waals surface area contributed by atoms with Crippen molar-refractivity contribution in [1.82, 2.24) is 0 Å². The quantitative estimate of drug-likeness (QED) is 0.877. The Morgan fingerprint density at radius 3 is 2.33 bits per heavy atom. The van der Waals surface area contributed by atoms with Crippen LogP contribution in [0.4, 0.5) is 11.4 Å². The summed E-state index contributed by atoms with van der Waals surface area (Å²) in [4.78, 5) is 26.5. The maximum Gasteiger partial charge on any atom is 0.256 e. The zero-order chi connectivity index (χ0) is 17.4. The average Bonchev–Trinajstić information content (AvgIpc) is 2.78. The van der Waals surface area contributed by atoms with Crippen molar-refractivity contribution in [2.75, 3.05) is 10.2 Å². The summed E-state index contributed by atoms with van der Waals surface area (Å²) in [5, 5.41) is 3.21. The fraction of sp³-hybridized carbons (Fsp3) is 0.300. The molecular weight excluding hydrogens is 300 g/mol. The molecule has 0 aromatic heterocycles. The summed E-state index contributed by atoms with van der Waals surface area (Å²) in [6.45, 7) is 8.00. The number of amides is 2. The van der Waals surface area contributed by atoms with E-state index in [4.69, 9.17) is 0 Å². The number of carbonyl (C=O) groups is 2. The maximum absolute atomic E-state index is 12.8. The van der Waals surface area contributed by atoms with E-state index >= 15 is 0 Å². The highest BCUT2D eigenvalue weighted by atomic mass is 16.2. The molecule has 2 aromatic rings. The van der Waals surface area contributed by atoms with E-state index in [9.17, 15) is 9.59 Å². The number of hydrogen-bond donors (Lipinski definition) is 1. The molecule has 1 unspecified atom stereocenters. The molecule has 0 spiro atoms. The number of nitrogens with one attached hydrogen (secondary N) is 1. The Morgan fingerprint density at radius 2 is 1.67 bits per heavy atom. The van der Waals surface area contributed by atoms with Crippen LogP contribution in [0.1, 0.15) is 28.7 Å². The monoisotopic (exact) mass is 322 g/mol. The Hall–Kier alpha value is -2.62. The van der Waals surface area contributed by atoms with Crippen LogP contribution in [0, 0.1) is 27.7 Å². The Balaban J connectivity index is 1.84. The van der Waals surface area contributed by atoms with Crippen LogP contribution in [0.15, 0.2) is 36.4 Å². The topological polar surface area (TPSA) is 49.4 Å². The van der Waals surface area contributed by atoms with Crippen LogP contribution in [0.3, 0.4) is 0 Å². The van der Waals surface area contributed by atoms with Crippen molar-refractivity contribution in [1.29, 1.82) is 0 Å². The molecule has 124 valence electrons. The van der Waals surface area contributed by atoms with Gasteiger partial charge in [0.1, 0.15) is 6.04 Å². The van der Waals surface area contributed by atoms with Gasteiger partial charge in [-0.2, -0.15) is 0 Å². The third-order valence-electron chi connectivity index (χ3n) is 4.59. The molecule has 24 heavy (non-hydrogen) atoms. The third-order valence-corrected chi connectivity index (χ3v) is 4.59. The predicted octanol–water partition coefficient (Wildman–Crippen LogP) is 3.66. The van der Waals surface area contributed by atoms with Crippen molar-refractivity contribution in [2.24, 2.45) is 0 Å². The molecule has 1 atom stereocenters. The molecule has 1 aliphatic rings. The minimum atomic E-state index is -0.514. The minimum absolute atomic E-state index is 0.159. The van der Waals surface area contributed by atoms with Crippen LogP contribution in [0.2, 0.25) is 0 Å². The summed E-state index contributed by atoms with van der Waals surface area (Å²) in [6, 6.07) is 11.2. The number of imide groups is 1. The lowest BCUT2D eigenvalue weighted by atomic mass is 10.1.